The molecule has 7 heteroatoms. The molecule has 4 rings (SSSR count). The van der Waals surface area contributed by atoms with Crippen molar-refractivity contribution < 1.29 is 14.6 Å². The van der Waals surface area contributed by atoms with Crippen molar-refractivity contribution in [3.63, 3.8) is 0 Å². The van der Waals surface area contributed by atoms with E-state index < -0.39 is 12.1 Å². The van der Waals surface area contributed by atoms with E-state index >= 15 is 0 Å². The second-order valence-electron chi connectivity index (χ2n) is 7.50. The van der Waals surface area contributed by atoms with Crippen LogP contribution in [0.1, 0.15) is 58.6 Å². The molecule has 0 fully saturated rings. The van der Waals surface area contributed by atoms with E-state index in [0.717, 1.165) is 24.8 Å². The maximum absolute atomic E-state index is 12.7. The van der Waals surface area contributed by atoms with Gasteiger partial charge in [-0.1, -0.05) is 19.1 Å². The van der Waals surface area contributed by atoms with Crippen molar-refractivity contribution in [1.82, 2.24) is 9.97 Å². The topological polar surface area (TPSA) is 92.3 Å². The Labute approximate surface area is 166 Å². The van der Waals surface area contributed by atoms with Crippen LogP contribution in [0.5, 0.6) is 5.75 Å². The standard InChI is InChI=1S/C21H22N2O4S/c1-10-7-8-13-15(9-10)28-20-16(13)19(25)22-18(23-20)12(3)27-21(26)14-6-4-5-11(2)17(14)24/h4-6,10,12,24H,7-9H2,1-3H3,(H,22,23,25)/t10-,12-/m1/s1. The van der Waals surface area contributed by atoms with Gasteiger partial charge in [0.25, 0.3) is 5.56 Å². The van der Waals surface area contributed by atoms with E-state index in [2.05, 4.69) is 16.9 Å². The Kier molecular flexibility index (Phi) is 4.71. The van der Waals surface area contributed by atoms with Crippen molar-refractivity contribution in [2.24, 2.45) is 5.92 Å². The lowest BCUT2D eigenvalue weighted by molar-refractivity contribution is 0.0316. The quantitative estimate of drug-likeness (QED) is 0.650. The van der Waals surface area contributed by atoms with Crippen molar-refractivity contribution in [3.8, 4) is 5.75 Å². The van der Waals surface area contributed by atoms with Crippen molar-refractivity contribution in [2.75, 3.05) is 0 Å². The fourth-order valence-electron chi connectivity index (χ4n) is 3.66. The molecule has 1 aliphatic rings. The summed E-state index contributed by atoms with van der Waals surface area (Å²) in [6.07, 6.45) is 2.20. The lowest BCUT2D eigenvalue weighted by atomic mass is 9.89. The maximum atomic E-state index is 12.7. The first kappa shape index (κ1) is 18.7. The molecule has 0 saturated carbocycles. The number of hydrogen-bond acceptors (Lipinski definition) is 6. The van der Waals surface area contributed by atoms with Crippen molar-refractivity contribution in [3.05, 3.63) is 55.9 Å². The fourth-order valence-corrected chi connectivity index (χ4v) is 5.05. The number of aromatic amines is 1. The van der Waals surface area contributed by atoms with Crippen LogP contribution in [0.15, 0.2) is 23.0 Å². The monoisotopic (exact) mass is 398 g/mol. The number of fused-ring (bicyclic) bond motifs is 3. The predicted octanol–water partition coefficient (Wildman–Crippen LogP) is 4.04. The molecule has 2 aromatic heterocycles. The van der Waals surface area contributed by atoms with Gasteiger partial charge in [0, 0.05) is 4.88 Å². The Morgan fingerprint density at radius 3 is 3.00 bits per heavy atom. The number of nitrogens with one attached hydrogen (secondary N) is 1. The minimum Gasteiger partial charge on any atom is -0.507 e. The van der Waals surface area contributed by atoms with E-state index in [1.807, 2.05) is 0 Å². The average molecular weight is 398 g/mol. The van der Waals surface area contributed by atoms with Crippen LogP contribution in [0.3, 0.4) is 0 Å². The molecule has 0 amide bonds. The van der Waals surface area contributed by atoms with Gasteiger partial charge in [0.15, 0.2) is 11.9 Å². The van der Waals surface area contributed by atoms with Crippen LogP contribution in [0, 0.1) is 12.8 Å². The number of H-pyrrole nitrogens is 1. The summed E-state index contributed by atoms with van der Waals surface area (Å²) in [5.41, 5.74) is 1.62. The molecule has 2 atom stereocenters. The van der Waals surface area contributed by atoms with Crippen LogP contribution in [-0.2, 0) is 17.6 Å². The van der Waals surface area contributed by atoms with Crippen LogP contribution >= 0.6 is 11.3 Å². The van der Waals surface area contributed by atoms with Gasteiger partial charge in [0.2, 0.25) is 0 Å². The number of benzene rings is 1. The number of hydrogen-bond donors (Lipinski definition) is 2. The molecule has 0 saturated heterocycles. The number of esters is 1. The normalized spacial score (nSPS) is 17.3. The first-order valence-electron chi connectivity index (χ1n) is 9.39. The third kappa shape index (κ3) is 3.20. The highest BCUT2D eigenvalue weighted by atomic mass is 32.1. The van der Waals surface area contributed by atoms with Gasteiger partial charge in [-0.15, -0.1) is 11.3 Å². The van der Waals surface area contributed by atoms with E-state index in [4.69, 9.17) is 4.74 Å². The van der Waals surface area contributed by atoms with Crippen LogP contribution in [0.25, 0.3) is 10.2 Å². The number of carbonyl (C=O) groups is 1. The smallest absolute Gasteiger partial charge is 0.342 e. The zero-order valence-corrected chi connectivity index (χ0v) is 16.9. The number of aromatic hydroxyl groups is 1. The summed E-state index contributed by atoms with van der Waals surface area (Å²) in [5, 5.41) is 10.8. The molecular weight excluding hydrogens is 376 g/mol. The van der Waals surface area contributed by atoms with Crippen LogP contribution < -0.4 is 5.56 Å². The number of phenolic OH excluding ortho intramolecular Hbond substituents is 1. The van der Waals surface area contributed by atoms with Gasteiger partial charge in [-0.05, 0) is 56.2 Å². The molecule has 2 heterocycles. The molecule has 2 N–H and O–H groups in total. The highest BCUT2D eigenvalue weighted by molar-refractivity contribution is 7.18. The molecule has 1 aliphatic carbocycles. The van der Waals surface area contributed by atoms with Crippen molar-refractivity contribution >= 4 is 27.5 Å². The van der Waals surface area contributed by atoms with E-state index in [-0.39, 0.29) is 16.9 Å². The largest absolute Gasteiger partial charge is 0.507 e. The summed E-state index contributed by atoms with van der Waals surface area (Å²) < 4.78 is 5.45. The summed E-state index contributed by atoms with van der Waals surface area (Å²) in [5.74, 6) is 0.165. The highest BCUT2D eigenvalue weighted by Crippen LogP contribution is 2.36. The summed E-state index contributed by atoms with van der Waals surface area (Å²) in [7, 11) is 0. The first-order valence-corrected chi connectivity index (χ1v) is 10.2. The Morgan fingerprint density at radius 1 is 1.43 bits per heavy atom. The van der Waals surface area contributed by atoms with Crippen molar-refractivity contribution in [2.45, 2.75) is 46.1 Å². The number of para-hydroxylation sites is 1. The number of carbonyl (C=O) groups excluding carboxylic acids is 1. The van der Waals surface area contributed by atoms with Gasteiger partial charge in [0.05, 0.1) is 5.39 Å². The lowest BCUT2D eigenvalue weighted by Gasteiger charge is -2.17. The van der Waals surface area contributed by atoms with E-state index in [1.165, 1.54) is 10.9 Å². The molecule has 3 aromatic rings. The van der Waals surface area contributed by atoms with Gasteiger partial charge in [-0.25, -0.2) is 9.78 Å². The second-order valence-corrected chi connectivity index (χ2v) is 8.59. The van der Waals surface area contributed by atoms with E-state index in [1.54, 1.807) is 37.3 Å². The summed E-state index contributed by atoms with van der Waals surface area (Å²) >= 11 is 1.56. The minimum absolute atomic E-state index is 0.0934. The van der Waals surface area contributed by atoms with Gasteiger partial charge in [-0.2, -0.15) is 0 Å². The fraction of sp³-hybridized carbons (Fsp3) is 0.381. The number of rotatable bonds is 3. The predicted molar refractivity (Wildman–Crippen MR) is 108 cm³/mol. The third-order valence-corrected chi connectivity index (χ3v) is 6.46. The van der Waals surface area contributed by atoms with Gasteiger partial charge in [-0.3, -0.25) is 4.79 Å². The number of phenols is 1. The molecule has 28 heavy (non-hydrogen) atoms. The Hall–Kier alpha value is -2.67. The number of nitrogens with zero attached hydrogens (tertiary/aromatic N) is 1. The third-order valence-electron chi connectivity index (χ3n) is 5.31. The zero-order valence-electron chi connectivity index (χ0n) is 16.0. The molecule has 0 bridgehead atoms. The summed E-state index contributed by atoms with van der Waals surface area (Å²) in [6.45, 7) is 5.59. The molecule has 146 valence electrons. The molecule has 1 aromatic carbocycles. The maximum Gasteiger partial charge on any atom is 0.342 e. The Morgan fingerprint density at radius 2 is 2.21 bits per heavy atom. The molecule has 0 radical (unpaired) electrons. The minimum atomic E-state index is -0.748. The lowest BCUT2D eigenvalue weighted by Crippen LogP contribution is -2.18. The molecule has 0 aliphatic heterocycles. The number of thiophene rings is 1. The van der Waals surface area contributed by atoms with E-state index in [9.17, 15) is 14.7 Å². The number of aryl methyl sites for hydroxylation is 2. The number of aromatic nitrogens is 2. The molecular formula is C21H22N2O4S. The van der Waals surface area contributed by atoms with E-state index in [0.29, 0.717) is 27.5 Å². The SMILES string of the molecule is Cc1cccc(C(=O)O[C@H](C)c2nc3sc4c(c3c(=O)[nH]2)CC[C@@H](C)C4)c1O. The second kappa shape index (κ2) is 7.05. The van der Waals surface area contributed by atoms with Gasteiger partial charge in [0.1, 0.15) is 16.1 Å². The summed E-state index contributed by atoms with van der Waals surface area (Å²) in [6, 6.07) is 4.90. The molecule has 6 nitrogen and oxygen atoms in total. The molecule has 0 unspecified atom stereocenters. The Balaban J connectivity index is 1.64. The number of ether oxygens (including phenoxy) is 1. The van der Waals surface area contributed by atoms with Gasteiger partial charge >= 0.3 is 5.97 Å². The first-order chi connectivity index (χ1) is 13.3. The summed E-state index contributed by atoms with van der Waals surface area (Å²) in [4.78, 5) is 34.4. The average Bonchev–Trinajstić information content (AvgIpc) is 3.01. The van der Waals surface area contributed by atoms with Crippen LogP contribution in [0.2, 0.25) is 0 Å². The zero-order chi connectivity index (χ0) is 20.0. The van der Waals surface area contributed by atoms with Crippen LogP contribution in [0.4, 0.5) is 0 Å². The Bertz CT molecular complexity index is 1130. The van der Waals surface area contributed by atoms with Crippen molar-refractivity contribution in [1.29, 1.82) is 0 Å². The highest BCUT2D eigenvalue weighted by Gasteiger charge is 2.25. The molecule has 0 spiro atoms. The van der Waals surface area contributed by atoms with Crippen LogP contribution in [-0.4, -0.2) is 21.0 Å². The van der Waals surface area contributed by atoms with Gasteiger partial charge < -0.3 is 14.8 Å².